The molecule has 2 saturated heterocycles. The fourth-order valence-corrected chi connectivity index (χ4v) is 5.36. The van der Waals surface area contributed by atoms with Crippen LogP contribution in [0.2, 0.25) is 0 Å². The van der Waals surface area contributed by atoms with Crippen molar-refractivity contribution in [1.82, 2.24) is 20.0 Å². The highest BCUT2D eigenvalue weighted by atomic mass is 16.5. The number of methoxy groups -OCH3 is 1. The molecule has 5 rings (SSSR count). The predicted octanol–water partition coefficient (Wildman–Crippen LogP) is 3.77. The third kappa shape index (κ3) is 5.24. The fourth-order valence-electron chi connectivity index (χ4n) is 5.36. The predicted molar refractivity (Wildman–Crippen MR) is 143 cm³/mol. The molecule has 0 unspecified atom stereocenters. The quantitative estimate of drug-likeness (QED) is 0.479. The van der Waals surface area contributed by atoms with Crippen LogP contribution in [0, 0.1) is 6.92 Å². The molecule has 0 aromatic heterocycles. The molecule has 2 aliphatic rings. The second kappa shape index (κ2) is 10.7. The molecule has 0 radical (unpaired) electrons. The van der Waals surface area contributed by atoms with Gasteiger partial charge in [-0.1, -0.05) is 78.4 Å². The number of imide groups is 1. The van der Waals surface area contributed by atoms with Crippen LogP contribution in [0.5, 0.6) is 5.75 Å². The smallest absolute Gasteiger partial charge is 0.326 e. The summed E-state index contributed by atoms with van der Waals surface area (Å²) in [5.41, 5.74) is 3.09. The molecular weight excluding hydrogens is 464 g/mol. The first-order valence-electron chi connectivity index (χ1n) is 12.8. The summed E-state index contributed by atoms with van der Waals surface area (Å²) in [4.78, 5) is 33.1. The summed E-state index contributed by atoms with van der Waals surface area (Å²) in [7, 11) is 1.71. The summed E-state index contributed by atoms with van der Waals surface area (Å²) in [6.45, 7) is 6.46. The van der Waals surface area contributed by atoms with E-state index in [1.807, 2.05) is 66.7 Å². The standard InChI is InChI=1S/C30H34N4O3/c1-23-13-14-27(37-2)25(19-23)21-32-15-17-33(18-16-32)22-34-28(35)30(31-29(34)36,26-11-7-4-8-12-26)20-24-9-5-3-6-10-24/h3-14,19H,15-18,20-22H2,1-2H3,(H,31,36)/t30-/m1/s1. The molecule has 37 heavy (non-hydrogen) atoms. The first-order chi connectivity index (χ1) is 18.0. The van der Waals surface area contributed by atoms with Gasteiger partial charge in [0.2, 0.25) is 0 Å². The Bertz CT molecular complexity index is 1240. The van der Waals surface area contributed by atoms with Crippen molar-refractivity contribution in [2.45, 2.75) is 25.4 Å². The van der Waals surface area contributed by atoms with Gasteiger partial charge >= 0.3 is 6.03 Å². The summed E-state index contributed by atoms with van der Waals surface area (Å²) < 4.78 is 5.55. The van der Waals surface area contributed by atoms with Gasteiger partial charge in [-0.15, -0.1) is 0 Å². The summed E-state index contributed by atoms with van der Waals surface area (Å²) in [6.07, 6.45) is 0.408. The largest absolute Gasteiger partial charge is 0.496 e. The van der Waals surface area contributed by atoms with Gasteiger partial charge in [-0.2, -0.15) is 0 Å². The van der Waals surface area contributed by atoms with Crippen molar-refractivity contribution in [2.24, 2.45) is 0 Å². The van der Waals surface area contributed by atoms with Crippen molar-refractivity contribution >= 4 is 11.9 Å². The van der Waals surface area contributed by atoms with Crippen LogP contribution in [-0.4, -0.2) is 66.6 Å². The molecule has 2 fully saturated rings. The maximum atomic E-state index is 13.9. The van der Waals surface area contributed by atoms with Crippen molar-refractivity contribution in [3.8, 4) is 5.75 Å². The van der Waals surface area contributed by atoms with E-state index in [1.165, 1.54) is 16.0 Å². The fraction of sp³-hybridized carbons (Fsp3) is 0.333. The second-order valence-corrected chi connectivity index (χ2v) is 9.95. The number of ether oxygens (including phenoxy) is 1. The maximum Gasteiger partial charge on any atom is 0.326 e. The third-order valence-electron chi connectivity index (χ3n) is 7.39. The number of nitrogens with zero attached hydrogens (tertiary/aromatic N) is 3. The molecule has 0 spiro atoms. The van der Waals surface area contributed by atoms with Gasteiger partial charge < -0.3 is 10.1 Å². The number of benzene rings is 3. The molecule has 0 bridgehead atoms. The number of nitrogens with one attached hydrogen (secondary N) is 1. The molecule has 0 saturated carbocycles. The van der Waals surface area contributed by atoms with E-state index in [-0.39, 0.29) is 18.6 Å². The van der Waals surface area contributed by atoms with Crippen LogP contribution in [0.3, 0.4) is 0 Å². The highest BCUT2D eigenvalue weighted by Gasteiger charge is 2.52. The zero-order valence-electron chi connectivity index (χ0n) is 21.5. The van der Waals surface area contributed by atoms with Crippen LogP contribution in [0.25, 0.3) is 0 Å². The van der Waals surface area contributed by atoms with Gasteiger partial charge in [-0.3, -0.25) is 14.6 Å². The molecule has 1 N–H and O–H groups in total. The number of carbonyl (C=O) groups excluding carboxylic acids is 2. The SMILES string of the molecule is COc1ccc(C)cc1CN1CCN(CN2C(=O)N[C@](Cc3ccccc3)(c3ccccc3)C2=O)CC1. The van der Waals surface area contributed by atoms with Crippen molar-refractivity contribution in [3.05, 3.63) is 101 Å². The number of piperazine rings is 1. The molecule has 3 aromatic rings. The average molecular weight is 499 g/mol. The average Bonchev–Trinajstić information content (AvgIpc) is 3.16. The summed E-state index contributed by atoms with van der Waals surface area (Å²) in [6, 6.07) is 25.4. The minimum atomic E-state index is -1.11. The normalized spacial score (nSPS) is 20.8. The second-order valence-electron chi connectivity index (χ2n) is 9.95. The molecular formula is C30H34N4O3. The van der Waals surface area contributed by atoms with Crippen LogP contribution < -0.4 is 10.1 Å². The number of carbonyl (C=O) groups is 2. The van der Waals surface area contributed by atoms with Gasteiger partial charge in [-0.05, 0) is 24.1 Å². The van der Waals surface area contributed by atoms with Gasteiger partial charge in [0, 0.05) is 44.7 Å². The van der Waals surface area contributed by atoms with Crippen molar-refractivity contribution in [1.29, 1.82) is 0 Å². The third-order valence-corrected chi connectivity index (χ3v) is 7.39. The van der Waals surface area contributed by atoms with Crippen molar-refractivity contribution in [2.75, 3.05) is 40.0 Å². The van der Waals surface area contributed by atoms with Crippen LogP contribution in [0.1, 0.15) is 22.3 Å². The molecule has 7 nitrogen and oxygen atoms in total. The lowest BCUT2D eigenvalue weighted by Crippen LogP contribution is -2.51. The van der Waals surface area contributed by atoms with Crippen LogP contribution in [0.15, 0.2) is 78.9 Å². The van der Waals surface area contributed by atoms with E-state index in [0.717, 1.165) is 49.6 Å². The topological polar surface area (TPSA) is 65.1 Å². The minimum Gasteiger partial charge on any atom is -0.496 e. The molecule has 2 aliphatic heterocycles. The molecule has 0 aliphatic carbocycles. The summed E-state index contributed by atoms with van der Waals surface area (Å²) in [5.74, 6) is 0.711. The molecule has 1 atom stereocenters. The van der Waals surface area contributed by atoms with E-state index in [4.69, 9.17) is 4.74 Å². The molecule has 192 valence electrons. The van der Waals surface area contributed by atoms with Crippen molar-refractivity contribution < 1.29 is 14.3 Å². The lowest BCUT2D eigenvalue weighted by molar-refractivity contribution is -0.133. The first-order valence-corrected chi connectivity index (χ1v) is 12.8. The Morgan fingerprint density at radius 1 is 0.865 bits per heavy atom. The molecule has 3 amide bonds. The molecule has 7 heteroatoms. The number of amides is 3. The van der Waals surface area contributed by atoms with E-state index in [2.05, 4.69) is 34.2 Å². The number of urea groups is 1. The Hall–Kier alpha value is -3.68. The molecule has 2 heterocycles. The van der Waals surface area contributed by atoms with E-state index in [1.54, 1.807) is 7.11 Å². The van der Waals surface area contributed by atoms with Crippen LogP contribution in [-0.2, 0) is 23.3 Å². The van der Waals surface area contributed by atoms with Crippen LogP contribution >= 0.6 is 0 Å². The Morgan fingerprint density at radius 2 is 1.51 bits per heavy atom. The zero-order chi connectivity index (χ0) is 25.8. The van der Waals surface area contributed by atoms with E-state index in [0.29, 0.717) is 6.42 Å². The highest BCUT2D eigenvalue weighted by molar-refractivity contribution is 6.07. The molecule has 3 aromatic carbocycles. The number of hydrogen-bond donors (Lipinski definition) is 1. The Kier molecular flexibility index (Phi) is 7.26. The minimum absolute atomic E-state index is 0.195. The maximum absolute atomic E-state index is 13.9. The number of hydrogen-bond acceptors (Lipinski definition) is 5. The number of rotatable bonds is 8. The van der Waals surface area contributed by atoms with Gasteiger partial charge in [0.1, 0.15) is 5.75 Å². The van der Waals surface area contributed by atoms with Crippen molar-refractivity contribution in [3.63, 3.8) is 0 Å². The Labute approximate surface area is 218 Å². The van der Waals surface area contributed by atoms with Gasteiger partial charge in [0.15, 0.2) is 5.54 Å². The first kappa shape index (κ1) is 25.0. The highest BCUT2D eigenvalue weighted by Crippen LogP contribution is 2.33. The van der Waals surface area contributed by atoms with Gasteiger partial charge in [-0.25, -0.2) is 9.69 Å². The van der Waals surface area contributed by atoms with Gasteiger partial charge in [0.25, 0.3) is 5.91 Å². The zero-order valence-corrected chi connectivity index (χ0v) is 21.5. The van der Waals surface area contributed by atoms with E-state index < -0.39 is 5.54 Å². The van der Waals surface area contributed by atoms with Gasteiger partial charge in [0.05, 0.1) is 13.8 Å². The number of aryl methyl sites for hydroxylation is 1. The lowest BCUT2D eigenvalue weighted by Gasteiger charge is -2.36. The Morgan fingerprint density at radius 3 is 2.19 bits per heavy atom. The van der Waals surface area contributed by atoms with Crippen LogP contribution in [0.4, 0.5) is 4.79 Å². The van der Waals surface area contributed by atoms with E-state index in [9.17, 15) is 9.59 Å². The summed E-state index contributed by atoms with van der Waals surface area (Å²) in [5, 5.41) is 3.07. The Balaban J connectivity index is 1.27. The lowest BCUT2D eigenvalue weighted by atomic mass is 9.83. The monoisotopic (exact) mass is 498 g/mol. The van der Waals surface area contributed by atoms with E-state index >= 15 is 0 Å². The summed E-state index contributed by atoms with van der Waals surface area (Å²) >= 11 is 0.